The minimum atomic E-state index is 0.531. The van der Waals surface area contributed by atoms with Gasteiger partial charge in [-0.2, -0.15) is 5.26 Å². The largest absolute Gasteiger partial charge is 0.454 e. The fraction of sp³-hybridized carbons (Fsp3) is 0. The van der Waals surface area contributed by atoms with Crippen LogP contribution >= 0.6 is 11.6 Å². The SMILES string of the molecule is N#Cc1cccc2c1oc1c(-c3ccc(Cl)cn3)cccc12. The number of nitriles is 1. The van der Waals surface area contributed by atoms with Crippen molar-refractivity contribution in [1.29, 1.82) is 5.26 Å². The van der Waals surface area contributed by atoms with Crippen LogP contribution in [0.2, 0.25) is 5.02 Å². The predicted octanol–water partition coefficient (Wildman–Crippen LogP) is 5.17. The summed E-state index contributed by atoms with van der Waals surface area (Å²) in [6.45, 7) is 0. The molecule has 0 aliphatic rings. The number of pyridine rings is 1. The topological polar surface area (TPSA) is 49.8 Å². The van der Waals surface area contributed by atoms with Gasteiger partial charge in [0.2, 0.25) is 0 Å². The van der Waals surface area contributed by atoms with E-state index in [4.69, 9.17) is 16.0 Å². The Labute approximate surface area is 131 Å². The zero-order chi connectivity index (χ0) is 15.1. The monoisotopic (exact) mass is 304 g/mol. The number of para-hydroxylation sites is 2. The molecule has 0 atom stereocenters. The molecule has 104 valence electrons. The number of aromatic nitrogens is 1. The molecule has 0 N–H and O–H groups in total. The second-order valence-corrected chi connectivity index (χ2v) is 5.38. The molecule has 2 aromatic carbocycles. The van der Waals surface area contributed by atoms with E-state index in [1.54, 1.807) is 18.3 Å². The number of hydrogen-bond acceptors (Lipinski definition) is 3. The van der Waals surface area contributed by atoms with Gasteiger partial charge in [-0.05, 0) is 24.3 Å². The second kappa shape index (κ2) is 4.87. The summed E-state index contributed by atoms with van der Waals surface area (Å²) < 4.78 is 5.99. The molecule has 4 aromatic rings. The molecule has 0 aliphatic heterocycles. The van der Waals surface area contributed by atoms with E-state index in [2.05, 4.69) is 11.1 Å². The van der Waals surface area contributed by atoms with Crippen molar-refractivity contribution in [2.45, 2.75) is 0 Å². The molecule has 22 heavy (non-hydrogen) atoms. The molecule has 0 spiro atoms. The van der Waals surface area contributed by atoms with Crippen LogP contribution in [0.5, 0.6) is 0 Å². The number of furan rings is 1. The number of benzene rings is 2. The first kappa shape index (κ1) is 12.9. The molecule has 0 saturated carbocycles. The minimum Gasteiger partial charge on any atom is -0.454 e. The second-order valence-electron chi connectivity index (χ2n) is 4.94. The summed E-state index contributed by atoms with van der Waals surface area (Å²) in [5.74, 6) is 0. The Hall–Kier alpha value is -2.83. The third-order valence-electron chi connectivity index (χ3n) is 3.65. The number of fused-ring (bicyclic) bond motifs is 3. The lowest BCUT2D eigenvalue weighted by Crippen LogP contribution is -1.83. The van der Waals surface area contributed by atoms with Gasteiger partial charge in [0.25, 0.3) is 0 Å². The number of nitrogens with zero attached hydrogens (tertiary/aromatic N) is 2. The molecule has 2 heterocycles. The van der Waals surface area contributed by atoms with Crippen molar-refractivity contribution in [1.82, 2.24) is 4.98 Å². The van der Waals surface area contributed by atoms with E-state index in [-0.39, 0.29) is 0 Å². The summed E-state index contributed by atoms with van der Waals surface area (Å²) >= 11 is 5.90. The predicted molar refractivity (Wildman–Crippen MR) is 86.7 cm³/mol. The van der Waals surface area contributed by atoms with Crippen LogP contribution in [-0.4, -0.2) is 4.98 Å². The highest BCUT2D eigenvalue weighted by molar-refractivity contribution is 6.30. The summed E-state index contributed by atoms with van der Waals surface area (Å²) in [4.78, 5) is 4.35. The molecule has 0 amide bonds. The first-order chi connectivity index (χ1) is 10.8. The van der Waals surface area contributed by atoms with E-state index in [1.165, 1.54) is 0 Å². The van der Waals surface area contributed by atoms with Gasteiger partial charge in [-0.15, -0.1) is 0 Å². The van der Waals surface area contributed by atoms with Crippen molar-refractivity contribution in [2.75, 3.05) is 0 Å². The highest BCUT2D eigenvalue weighted by Gasteiger charge is 2.14. The van der Waals surface area contributed by atoms with Crippen LogP contribution < -0.4 is 0 Å². The Morgan fingerprint density at radius 1 is 0.955 bits per heavy atom. The third-order valence-corrected chi connectivity index (χ3v) is 3.87. The lowest BCUT2D eigenvalue weighted by molar-refractivity contribution is 0.668. The molecule has 0 saturated heterocycles. The van der Waals surface area contributed by atoms with E-state index in [0.717, 1.165) is 27.6 Å². The summed E-state index contributed by atoms with van der Waals surface area (Å²) in [6, 6.07) is 17.3. The summed E-state index contributed by atoms with van der Waals surface area (Å²) in [5.41, 5.74) is 3.54. The molecule has 0 unspecified atom stereocenters. The molecule has 4 heteroatoms. The highest BCUT2D eigenvalue weighted by Crippen LogP contribution is 2.36. The van der Waals surface area contributed by atoms with Crippen LogP contribution in [0.25, 0.3) is 33.2 Å². The lowest BCUT2D eigenvalue weighted by Gasteiger charge is -2.01. The van der Waals surface area contributed by atoms with Gasteiger partial charge in [-0.1, -0.05) is 35.9 Å². The molecule has 3 nitrogen and oxygen atoms in total. The van der Waals surface area contributed by atoms with Crippen LogP contribution in [0.15, 0.2) is 59.1 Å². The van der Waals surface area contributed by atoms with Crippen molar-refractivity contribution in [3.8, 4) is 17.3 Å². The van der Waals surface area contributed by atoms with Gasteiger partial charge < -0.3 is 4.42 Å². The number of rotatable bonds is 1. The van der Waals surface area contributed by atoms with Crippen molar-refractivity contribution < 1.29 is 4.42 Å². The fourth-order valence-corrected chi connectivity index (χ4v) is 2.76. The maximum atomic E-state index is 9.24. The average molecular weight is 305 g/mol. The van der Waals surface area contributed by atoms with Gasteiger partial charge >= 0.3 is 0 Å². The summed E-state index contributed by atoms with van der Waals surface area (Å²) in [7, 11) is 0. The quantitative estimate of drug-likeness (QED) is 0.487. The minimum absolute atomic E-state index is 0.531. The Bertz CT molecular complexity index is 1040. The Balaban J connectivity index is 2.09. The standard InChI is InChI=1S/C18H9ClN2O/c19-12-7-8-16(21-10-12)15-6-2-5-14-13-4-1-3-11(9-20)17(13)22-18(14)15/h1-8,10H. The lowest BCUT2D eigenvalue weighted by atomic mass is 10.1. The Morgan fingerprint density at radius 3 is 2.45 bits per heavy atom. The third kappa shape index (κ3) is 1.86. The van der Waals surface area contributed by atoms with Gasteiger partial charge in [0, 0.05) is 22.5 Å². The average Bonchev–Trinajstić information content (AvgIpc) is 2.94. The molecule has 4 rings (SSSR count). The van der Waals surface area contributed by atoms with Crippen LogP contribution in [0, 0.1) is 11.3 Å². The maximum Gasteiger partial charge on any atom is 0.153 e. The molecule has 2 aromatic heterocycles. The fourth-order valence-electron chi connectivity index (χ4n) is 2.65. The van der Waals surface area contributed by atoms with E-state index >= 15 is 0 Å². The van der Waals surface area contributed by atoms with Gasteiger partial charge in [0.1, 0.15) is 11.7 Å². The van der Waals surface area contributed by atoms with Gasteiger partial charge in [0.15, 0.2) is 5.58 Å². The van der Waals surface area contributed by atoms with Crippen LogP contribution in [0.1, 0.15) is 5.56 Å². The molecular formula is C18H9ClN2O. The molecule has 0 fully saturated rings. The molecule has 0 bridgehead atoms. The Morgan fingerprint density at radius 2 is 1.73 bits per heavy atom. The van der Waals surface area contributed by atoms with E-state index in [0.29, 0.717) is 16.2 Å². The highest BCUT2D eigenvalue weighted by atomic mass is 35.5. The smallest absolute Gasteiger partial charge is 0.153 e. The van der Waals surface area contributed by atoms with Crippen LogP contribution in [0.3, 0.4) is 0 Å². The van der Waals surface area contributed by atoms with Gasteiger partial charge in [-0.3, -0.25) is 4.98 Å². The zero-order valence-electron chi connectivity index (χ0n) is 11.4. The van der Waals surface area contributed by atoms with Crippen molar-refractivity contribution in [2.24, 2.45) is 0 Å². The van der Waals surface area contributed by atoms with Crippen LogP contribution in [0.4, 0.5) is 0 Å². The summed E-state index contributed by atoms with van der Waals surface area (Å²) in [6.07, 6.45) is 1.61. The zero-order valence-corrected chi connectivity index (χ0v) is 12.1. The Kier molecular flexibility index (Phi) is 2.85. The maximum absolute atomic E-state index is 9.24. The molecule has 0 aliphatic carbocycles. The summed E-state index contributed by atoms with van der Waals surface area (Å²) in [5, 5.41) is 11.7. The first-order valence-electron chi connectivity index (χ1n) is 6.74. The van der Waals surface area contributed by atoms with E-state index in [1.807, 2.05) is 36.4 Å². The van der Waals surface area contributed by atoms with Crippen molar-refractivity contribution >= 4 is 33.5 Å². The first-order valence-corrected chi connectivity index (χ1v) is 7.12. The molecule has 0 radical (unpaired) electrons. The van der Waals surface area contributed by atoms with Crippen molar-refractivity contribution in [3.63, 3.8) is 0 Å². The number of hydrogen-bond donors (Lipinski definition) is 0. The van der Waals surface area contributed by atoms with Gasteiger partial charge in [0.05, 0.1) is 16.3 Å². The normalized spacial score (nSPS) is 10.9. The van der Waals surface area contributed by atoms with Gasteiger partial charge in [-0.25, -0.2) is 0 Å². The molecular weight excluding hydrogens is 296 g/mol. The van der Waals surface area contributed by atoms with Crippen LogP contribution in [-0.2, 0) is 0 Å². The van der Waals surface area contributed by atoms with E-state index < -0.39 is 0 Å². The number of halogens is 1. The van der Waals surface area contributed by atoms with E-state index in [9.17, 15) is 5.26 Å². The van der Waals surface area contributed by atoms with Crippen molar-refractivity contribution in [3.05, 3.63) is 65.3 Å².